The normalized spacial score (nSPS) is 18.6. The van der Waals surface area contributed by atoms with Crippen LogP contribution in [-0.4, -0.2) is 51.7 Å². The average Bonchev–Trinajstić information content (AvgIpc) is 3.32. The molecule has 3 aromatic rings. The molecule has 0 saturated carbocycles. The molecule has 27 heavy (non-hydrogen) atoms. The van der Waals surface area contributed by atoms with Gasteiger partial charge in [-0.3, -0.25) is 4.68 Å². The van der Waals surface area contributed by atoms with Gasteiger partial charge in [-0.05, 0) is 5.56 Å². The summed E-state index contributed by atoms with van der Waals surface area (Å²) in [6.45, 7) is 2.06. The molecule has 8 nitrogen and oxygen atoms in total. The Kier molecular flexibility index (Phi) is 4.81. The van der Waals surface area contributed by atoms with Gasteiger partial charge in [0, 0.05) is 45.3 Å². The molecule has 9 heteroatoms. The minimum absolute atomic E-state index is 0.208. The van der Waals surface area contributed by atoms with Crippen LogP contribution in [0.3, 0.4) is 0 Å². The molecule has 1 unspecified atom stereocenters. The number of hydrogen-bond donors (Lipinski definition) is 1. The van der Waals surface area contributed by atoms with E-state index in [1.807, 2.05) is 48.1 Å². The Bertz CT molecular complexity index is 1010. The second kappa shape index (κ2) is 7.26. The van der Waals surface area contributed by atoms with Crippen LogP contribution >= 0.6 is 0 Å². The van der Waals surface area contributed by atoms with E-state index >= 15 is 0 Å². The van der Waals surface area contributed by atoms with E-state index in [-0.39, 0.29) is 10.9 Å². The van der Waals surface area contributed by atoms with E-state index in [0.717, 1.165) is 11.4 Å². The fourth-order valence-corrected chi connectivity index (χ4v) is 4.90. The first-order valence-electron chi connectivity index (χ1n) is 8.82. The van der Waals surface area contributed by atoms with E-state index in [9.17, 15) is 8.42 Å². The predicted molar refractivity (Wildman–Crippen MR) is 100 cm³/mol. The van der Waals surface area contributed by atoms with Crippen LogP contribution in [0, 0.1) is 0 Å². The maximum atomic E-state index is 13.3. The molecule has 1 N–H and O–H groups in total. The molecule has 142 valence electrons. The lowest BCUT2D eigenvalue weighted by Crippen LogP contribution is -2.49. The highest BCUT2D eigenvalue weighted by atomic mass is 32.2. The average molecular weight is 386 g/mol. The molecule has 3 heterocycles. The molecule has 1 aliphatic heterocycles. The summed E-state index contributed by atoms with van der Waals surface area (Å²) in [4.78, 5) is 4.56. The van der Waals surface area contributed by atoms with Gasteiger partial charge < -0.3 is 9.88 Å². The lowest BCUT2D eigenvalue weighted by atomic mass is 10.2. The number of rotatable bonds is 5. The maximum Gasteiger partial charge on any atom is 0.246 e. The number of aromatic nitrogens is 4. The Hall–Kier alpha value is -2.49. The summed E-state index contributed by atoms with van der Waals surface area (Å²) in [6.07, 6.45) is 6.54. The zero-order valence-corrected chi connectivity index (χ0v) is 15.9. The highest BCUT2D eigenvalue weighted by molar-refractivity contribution is 7.89. The molecule has 1 atom stereocenters. The Morgan fingerprint density at radius 1 is 1.26 bits per heavy atom. The molecular weight excluding hydrogens is 364 g/mol. The zero-order valence-electron chi connectivity index (χ0n) is 15.1. The van der Waals surface area contributed by atoms with Crippen molar-refractivity contribution >= 4 is 10.0 Å². The lowest BCUT2D eigenvalue weighted by molar-refractivity contribution is 0.258. The smallest absolute Gasteiger partial charge is 0.246 e. The van der Waals surface area contributed by atoms with Crippen LogP contribution in [0.2, 0.25) is 0 Å². The van der Waals surface area contributed by atoms with E-state index in [1.165, 1.54) is 10.5 Å². The first kappa shape index (κ1) is 17.9. The molecule has 1 aromatic carbocycles. The summed E-state index contributed by atoms with van der Waals surface area (Å²) in [5.74, 6) is 0.724. The van der Waals surface area contributed by atoms with Crippen LogP contribution in [0.1, 0.15) is 17.4 Å². The van der Waals surface area contributed by atoms with Gasteiger partial charge in [-0.1, -0.05) is 30.3 Å². The molecule has 0 spiro atoms. The first-order chi connectivity index (χ1) is 13.1. The minimum Gasteiger partial charge on any atom is -0.337 e. The summed E-state index contributed by atoms with van der Waals surface area (Å²) in [5.41, 5.74) is 1.07. The monoisotopic (exact) mass is 386 g/mol. The van der Waals surface area contributed by atoms with Gasteiger partial charge in [-0.2, -0.15) is 9.40 Å². The van der Waals surface area contributed by atoms with E-state index in [4.69, 9.17) is 0 Å². The van der Waals surface area contributed by atoms with Crippen LogP contribution in [0.25, 0.3) is 0 Å². The highest BCUT2D eigenvalue weighted by Gasteiger charge is 2.37. The van der Waals surface area contributed by atoms with Crippen LogP contribution in [-0.2, 0) is 23.6 Å². The van der Waals surface area contributed by atoms with Gasteiger partial charge in [0.15, 0.2) is 0 Å². The standard InChI is InChI=1S/C18H22N6O2S/c1-22-9-8-20-18(22)17-12-19-7-10-24(17)27(25,26)16-11-21-23(14-16)13-15-5-3-2-4-6-15/h2-6,8-9,11,14,17,19H,7,10,12-13H2,1H3. The molecular formula is C18H22N6O2S. The van der Waals surface area contributed by atoms with Crippen molar-refractivity contribution in [1.29, 1.82) is 0 Å². The molecule has 0 radical (unpaired) electrons. The van der Waals surface area contributed by atoms with Crippen molar-refractivity contribution in [3.63, 3.8) is 0 Å². The van der Waals surface area contributed by atoms with Crippen LogP contribution in [0.4, 0.5) is 0 Å². The SMILES string of the molecule is Cn1ccnc1C1CNCCN1S(=O)(=O)c1cnn(Cc2ccccc2)c1. The summed E-state index contributed by atoms with van der Waals surface area (Å²) < 4.78 is 31.6. The Balaban J connectivity index is 1.61. The molecule has 1 aliphatic rings. The van der Waals surface area contributed by atoms with E-state index < -0.39 is 10.0 Å². The molecule has 0 amide bonds. The molecule has 1 fully saturated rings. The highest BCUT2D eigenvalue weighted by Crippen LogP contribution is 2.27. The Morgan fingerprint density at radius 3 is 2.81 bits per heavy atom. The molecule has 0 aliphatic carbocycles. The van der Waals surface area contributed by atoms with Crippen LogP contribution in [0.15, 0.2) is 60.0 Å². The van der Waals surface area contributed by atoms with Crippen molar-refractivity contribution in [2.75, 3.05) is 19.6 Å². The third-order valence-corrected chi connectivity index (χ3v) is 6.62. The van der Waals surface area contributed by atoms with Gasteiger partial charge in [0.2, 0.25) is 10.0 Å². The molecule has 1 saturated heterocycles. The third-order valence-electron chi connectivity index (χ3n) is 4.75. The summed E-state index contributed by atoms with van der Waals surface area (Å²) in [6, 6.07) is 9.49. The number of benzene rings is 1. The van der Waals surface area contributed by atoms with Gasteiger partial charge in [-0.25, -0.2) is 13.4 Å². The van der Waals surface area contributed by atoms with Crippen molar-refractivity contribution in [2.45, 2.75) is 17.5 Å². The lowest BCUT2D eigenvalue weighted by Gasteiger charge is -2.34. The zero-order chi connectivity index (χ0) is 18.9. The fraction of sp³-hybridized carbons (Fsp3) is 0.333. The topological polar surface area (TPSA) is 85.1 Å². The Labute approximate surface area is 158 Å². The van der Waals surface area contributed by atoms with Crippen molar-refractivity contribution in [3.05, 3.63) is 66.5 Å². The van der Waals surface area contributed by atoms with Crippen molar-refractivity contribution in [3.8, 4) is 0 Å². The number of sulfonamides is 1. The van der Waals surface area contributed by atoms with E-state index in [2.05, 4.69) is 15.4 Å². The van der Waals surface area contributed by atoms with Gasteiger partial charge in [-0.15, -0.1) is 0 Å². The first-order valence-corrected chi connectivity index (χ1v) is 10.3. The van der Waals surface area contributed by atoms with Gasteiger partial charge in [0.1, 0.15) is 10.7 Å². The number of piperazine rings is 1. The number of nitrogens with zero attached hydrogens (tertiary/aromatic N) is 5. The van der Waals surface area contributed by atoms with Crippen LogP contribution in [0.5, 0.6) is 0 Å². The number of hydrogen-bond acceptors (Lipinski definition) is 5. The van der Waals surface area contributed by atoms with Crippen molar-refractivity contribution in [2.24, 2.45) is 7.05 Å². The summed E-state index contributed by atoms with van der Waals surface area (Å²) in [5, 5.41) is 7.51. The predicted octanol–water partition coefficient (Wildman–Crippen LogP) is 1.00. The van der Waals surface area contributed by atoms with Crippen molar-refractivity contribution < 1.29 is 8.42 Å². The van der Waals surface area contributed by atoms with Crippen LogP contribution < -0.4 is 5.32 Å². The van der Waals surface area contributed by atoms with Gasteiger partial charge in [0.25, 0.3) is 0 Å². The summed E-state index contributed by atoms with van der Waals surface area (Å²) >= 11 is 0. The number of nitrogens with one attached hydrogen (secondary N) is 1. The largest absolute Gasteiger partial charge is 0.337 e. The second-order valence-corrected chi connectivity index (χ2v) is 8.48. The van der Waals surface area contributed by atoms with Crippen molar-refractivity contribution in [1.82, 2.24) is 29.0 Å². The minimum atomic E-state index is -3.67. The van der Waals surface area contributed by atoms with E-state index in [0.29, 0.717) is 26.2 Å². The second-order valence-electron chi connectivity index (χ2n) is 6.59. The maximum absolute atomic E-state index is 13.3. The molecule has 4 rings (SSSR count). The van der Waals surface area contributed by atoms with Gasteiger partial charge in [0.05, 0.1) is 18.8 Å². The number of aryl methyl sites for hydroxylation is 1. The molecule has 0 bridgehead atoms. The third kappa shape index (κ3) is 3.53. The quantitative estimate of drug-likeness (QED) is 0.707. The van der Waals surface area contributed by atoms with E-state index in [1.54, 1.807) is 17.1 Å². The summed E-state index contributed by atoms with van der Waals surface area (Å²) in [7, 11) is -1.79. The van der Waals surface area contributed by atoms with Gasteiger partial charge >= 0.3 is 0 Å². The number of imidazole rings is 1. The fourth-order valence-electron chi connectivity index (χ4n) is 3.36. The molecule has 2 aromatic heterocycles. The Morgan fingerprint density at radius 2 is 2.07 bits per heavy atom.